The van der Waals surface area contributed by atoms with Crippen LogP contribution in [0.4, 0.5) is 18.9 Å². The lowest BCUT2D eigenvalue weighted by molar-refractivity contribution is -0.192. The van der Waals surface area contributed by atoms with Crippen LogP contribution >= 0.6 is 0 Å². The van der Waals surface area contributed by atoms with Gasteiger partial charge in [-0.25, -0.2) is 4.79 Å². The lowest BCUT2D eigenvalue weighted by Gasteiger charge is -2.19. The fourth-order valence-corrected chi connectivity index (χ4v) is 2.57. The Labute approximate surface area is 147 Å². The highest BCUT2D eigenvalue weighted by molar-refractivity contribution is 5.94. The summed E-state index contributed by atoms with van der Waals surface area (Å²) in [6.07, 6.45) is -4.05. The maximum atomic E-state index is 11.3. The smallest absolute Gasteiger partial charge is 0.475 e. The topological polar surface area (TPSA) is 83.6 Å². The van der Waals surface area contributed by atoms with E-state index in [1.54, 1.807) is 0 Å². The average Bonchev–Trinajstić information content (AvgIpc) is 2.97. The zero-order valence-electron chi connectivity index (χ0n) is 13.7. The molecule has 0 radical (unpaired) electrons. The average molecular weight is 366 g/mol. The number of nitrogens with zero attached hydrogens (tertiary/aromatic N) is 1. The lowest BCUT2D eigenvalue weighted by Crippen LogP contribution is -2.21. The Bertz CT molecular complexity index is 792. The number of hydrogen-bond donors (Lipinski definition) is 2. The highest BCUT2D eigenvalue weighted by atomic mass is 19.4. The maximum absolute atomic E-state index is 11.3. The van der Waals surface area contributed by atoms with Gasteiger partial charge in [0.2, 0.25) is 5.91 Å². The third kappa shape index (κ3) is 4.98. The Morgan fingerprint density at radius 2 is 1.73 bits per heavy atom. The molecule has 3 N–H and O–H groups in total. The molecular formula is C18H17F3N2O3. The number of carboxylic acid groups (broad SMARTS) is 1. The van der Waals surface area contributed by atoms with Crippen LogP contribution in [0.3, 0.4) is 0 Å². The molecule has 0 unspecified atom stereocenters. The monoisotopic (exact) mass is 366 g/mol. The number of amides is 1. The van der Waals surface area contributed by atoms with E-state index in [2.05, 4.69) is 17.0 Å². The summed E-state index contributed by atoms with van der Waals surface area (Å²) in [6.45, 7) is 1.86. The molecule has 26 heavy (non-hydrogen) atoms. The molecule has 3 rings (SSSR count). The van der Waals surface area contributed by atoms with Crippen LogP contribution in [-0.2, 0) is 17.8 Å². The molecule has 0 bridgehead atoms. The van der Waals surface area contributed by atoms with E-state index in [9.17, 15) is 18.0 Å². The summed E-state index contributed by atoms with van der Waals surface area (Å²) in [5.74, 6) is -3.12. The molecule has 0 saturated carbocycles. The van der Waals surface area contributed by atoms with E-state index >= 15 is 0 Å². The number of fused-ring (bicyclic) bond motifs is 1. The van der Waals surface area contributed by atoms with Crippen LogP contribution in [0, 0.1) is 0 Å². The van der Waals surface area contributed by atoms with Crippen molar-refractivity contribution in [2.24, 2.45) is 5.73 Å². The van der Waals surface area contributed by atoms with E-state index in [1.807, 2.05) is 36.4 Å². The molecule has 0 aromatic heterocycles. The van der Waals surface area contributed by atoms with Crippen LogP contribution in [0.5, 0.6) is 0 Å². The van der Waals surface area contributed by atoms with Gasteiger partial charge >= 0.3 is 12.1 Å². The molecule has 1 aliphatic rings. The number of carbonyl (C=O) groups excluding carboxylic acids is 1. The van der Waals surface area contributed by atoms with E-state index in [0.29, 0.717) is 5.56 Å². The molecule has 0 fully saturated rings. The van der Waals surface area contributed by atoms with Gasteiger partial charge in [-0.05, 0) is 29.7 Å². The normalized spacial score (nSPS) is 12.8. The largest absolute Gasteiger partial charge is 0.490 e. The number of carboxylic acids is 1. The number of alkyl halides is 3. The van der Waals surface area contributed by atoms with Crippen LogP contribution in [0.25, 0.3) is 0 Å². The first kappa shape index (κ1) is 19.3. The van der Waals surface area contributed by atoms with Gasteiger partial charge in [-0.3, -0.25) is 4.79 Å². The highest BCUT2D eigenvalue weighted by Gasteiger charge is 2.38. The predicted octanol–water partition coefficient (Wildman–Crippen LogP) is 2.98. The number of carbonyl (C=O) groups is 2. The lowest BCUT2D eigenvalue weighted by atomic mass is 10.1. The number of primary amides is 1. The van der Waals surface area contributed by atoms with Crippen molar-refractivity contribution in [3.63, 3.8) is 0 Å². The molecule has 5 nitrogen and oxygen atoms in total. The third-order valence-corrected chi connectivity index (χ3v) is 3.82. The van der Waals surface area contributed by atoms with Gasteiger partial charge in [-0.2, -0.15) is 13.2 Å². The Morgan fingerprint density at radius 3 is 2.27 bits per heavy atom. The second-order valence-corrected chi connectivity index (χ2v) is 5.67. The number of hydrogen-bond acceptors (Lipinski definition) is 3. The minimum absolute atomic E-state index is 0.366. The van der Waals surface area contributed by atoms with E-state index in [0.717, 1.165) is 25.2 Å². The molecule has 138 valence electrons. The number of benzene rings is 2. The van der Waals surface area contributed by atoms with Gasteiger partial charge in [0.05, 0.1) is 0 Å². The van der Waals surface area contributed by atoms with E-state index in [-0.39, 0.29) is 5.91 Å². The van der Waals surface area contributed by atoms with E-state index in [1.165, 1.54) is 11.1 Å². The predicted molar refractivity (Wildman–Crippen MR) is 89.8 cm³/mol. The van der Waals surface area contributed by atoms with E-state index < -0.39 is 12.1 Å². The van der Waals surface area contributed by atoms with Gasteiger partial charge in [0.15, 0.2) is 0 Å². The van der Waals surface area contributed by atoms with Crippen molar-refractivity contribution in [3.05, 3.63) is 65.2 Å². The Balaban J connectivity index is 0.000000298. The number of anilines is 1. The summed E-state index contributed by atoms with van der Waals surface area (Å²) < 4.78 is 31.7. The van der Waals surface area contributed by atoms with Crippen LogP contribution < -0.4 is 10.6 Å². The number of aliphatic carboxylic acids is 1. The van der Waals surface area contributed by atoms with Gasteiger partial charge in [-0.1, -0.05) is 36.4 Å². The van der Waals surface area contributed by atoms with Crippen molar-refractivity contribution in [2.45, 2.75) is 19.1 Å². The van der Waals surface area contributed by atoms with Gasteiger partial charge in [-0.15, -0.1) is 0 Å². The van der Waals surface area contributed by atoms with Crippen molar-refractivity contribution in [3.8, 4) is 0 Å². The quantitative estimate of drug-likeness (QED) is 0.875. The summed E-state index contributed by atoms with van der Waals surface area (Å²) in [6, 6.07) is 16.1. The molecule has 1 aliphatic heterocycles. The summed E-state index contributed by atoms with van der Waals surface area (Å²) in [5, 5.41) is 7.12. The summed E-state index contributed by atoms with van der Waals surface area (Å²) in [7, 11) is 0. The first-order valence-electron chi connectivity index (χ1n) is 7.70. The molecule has 8 heteroatoms. The minimum atomic E-state index is -5.08. The summed E-state index contributed by atoms with van der Waals surface area (Å²) >= 11 is 0. The van der Waals surface area contributed by atoms with Crippen LogP contribution in [0.2, 0.25) is 0 Å². The number of nitrogens with two attached hydrogens (primary N) is 1. The molecule has 0 aliphatic carbocycles. The first-order valence-corrected chi connectivity index (χ1v) is 7.70. The molecule has 0 atom stereocenters. The van der Waals surface area contributed by atoms with Crippen molar-refractivity contribution >= 4 is 17.6 Å². The second-order valence-electron chi connectivity index (χ2n) is 5.67. The van der Waals surface area contributed by atoms with Crippen molar-refractivity contribution in [1.82, 2.24) is 0 Å². The third-order valence-electron chi connectivity index (χ3n) is 3.82. The van der Waals surface area contributed by atoms with Gasteiger partial charge in [0, 0.05) is 24.3 Å². The Kier molecular flexibility index (Phi) is 5.86. The molecule has 1 amide bonds. The van der Waals surface area contributed by atoms with Gasteiger partial charge in [0.1, 0.15) is 0 Å². The summed E-state index contributed by atoms with van der Waals surface area (Å²) in [5.41, 5.74) is 9.64. The molecule has 2 aromatic rings. The maximum Gasteiger partial charge on any atom is 0.490 e. The fraction of sp³-hybridized carbons (Fsp3) is 0.222. The molecule has 0 saturated heterocycles. The zero-order valence-corrected chi connectivity index (χ0v) is 13.7. The van der Waals surface area contributed by atoms with Crippen molar-refractivity contribution < 1.29 is 27.9 Å². The molecule has 1 heterocycles. The molecule has 2 aromatic carbocycles. The zero-order chi connectivity index (χ0) is 19.3. The molecular weight excluding hydrogens is 349 g/mol. The Hall–Kier alpha value is -3.03. The van der Waals surface area contributed by atoms with Gasteiger partial charge in [0.25, 0.3) is 0 Å². The fourth-order valence-electron chi connectivity index (χ4n) is 2.57. The summed E-state index contributed by atoms with van der Waals surface area (Å²) in [4.78, 5) is 22.5. The second kappa shape index (κ2) is 7.90. The number of halogens is 3. The highest BCUT2D eigenvalue weighted by Crippen LogP contribution is 2.30. The van der Waals surface area contributed by atoms with Crippen LogP contribution in [-0.4, -0.2) is 29.7 Å². The SMILES string of the molecule is NC(=O)c1ccc2c(c1)N(Cc1ccccc1)CC2.O=C(O)C(F)(F)F. The first-order chi connectivity index (χ1) is 12.2. The van der Waals surface area contributed by atoms with Crippen LogP contribution in [0.15, 0.2) is 48.5 Å². The van der Waals surface area contributed by atoms with E-state index in [4.69, 9.17) is 15.6 Å². The van der Waals surface area contributed by atoms with Crippen molar-refractivity contribution in [2.75, 3.05) is 11.4 Å². The Morgan fingerprint density at radius 1 is 1.12 bits per heavy atom. The minimum Gasteiger partial charge on any atom is -0.475 e. The van der Waals surface area contributed by atoms with Crippen LogP contribution in [0.1, 0.15) is 21.5 Å². The standard InChI is InChI=1S/C16H16N2O.C2HF3O2/c17-16(19)14-7-6-13-8-9-18(15(13)10-14)11-12-4-2-1-3-5-12;3-2(4,5)1(6)7/h1-7,10H,8-9,11H2,(H2,17,19);(H,6,7). The van der Waals surface area contributed by atoms with Crippen molar-refractivity contribution in [1.29, 1.82) is 0 Å². The molecule has 0 spiro atoms. The number of rotatable bonds is 3. The van der Waals surface area contributed by atoms with Gasteiger partial charge < -0.3 is 15.7 Å².